The maximum atomic E-state index is 13.2. The van der Waals surface area contributed by atoms with E-state index >= 15 is 0 Å². The van der Waals surface area contributed by atoms with Gasteiger partial charge in [-0.15, -0.1) is 0 Å². The molecule has 0 saturated carbocycles. The van der Waals surface area contributed by atoms with E-state index in [2.05, 4.69) is 0 Å². The molecule has 0 radical (unpaired) electrons. The van der Waals surface area contributed by atoms with Gasteiger partial charge in [0.15, 0.2) is 11.5 Å². The molecule has 1 aromatic rings. The third kappa shape index (κ3) is 5.76. The van der Waals surface area contributed by atoms with Gasteiger partial charge in [-0.05, 0) is 39.3 Å². The van der Waals surface area contributed by atoms with Crippen LogP contribution in [0.5, 0.6) is 17.2 Å². The number of nitrogens with zero attached hydrogens (tertiary/aromatic N) is 3. The van der Waals surface area contributed by atoms with E-state index < -0.39 is 0 Å². The van der Waals surface area contributed by atoms with Gasteiger partial charge >= 0.3 is 0 Å². The monoisotopic (exact) mass is 403 g/mol. The predicted octanol–water partition coefficient (Wildman–Crippen LogP) is 2.47. The molecule has 0 aliphatic carbocycles. The summed E-state index contributed by atoms with van der Waals surface area (Å²) in [6.07, 6.45) is 0.527. The van der Waals surface area contributed by atoms with Gasteiger partial charge in [0.1, 0.15) is 6.42 Å². The molecule has 8 heteroatoms. The summed E-state index contributed by atoms with van der Waals surface area (Å²) in [6.45, 7) is 8.84. The lowest BCUT2D eigenvalue weighted by Gasteiger charge is -2.23. The maximum absolute atomic E-state index is 13.2. The molecule has 1 heterocycles. The van der Waals surface area contributed by atoms with E-state index in [0.29, 0.717) is 75.2 Å². The Morgan fingerprint density at radius 2 is 1.48 bits per heavy atom. The molecule has 1 aromatic carbocycles. The Balaban J connectivity index is 2.25. The normalized spacial score (nSPS) is 14.0. The molecule has 8 nitrogen and oxygen atoms in total. The summed E-state index contributed by atoms with van der Waals surface area (Å²) in [7, 11) is 0. The lowest BCUT2D eigenvalue weighted by atomic mass is 10.1. The van der Waals surface area contributed by atoms with Crippen molar-refractivity contribution in [2.75, 3.05) is 46.0 Å². The number of ether oxygens (including phenoxy) is 3. The lowest BCUT2D eigenvalue weighted by Crippen LogP contribution is -2.37. The Kier molecular flexibility index (Phi) is 8.59. The number of benzene rings is 1. The predicted molar refractivity (Wildman–Crippen MR) is 107 cm³/mol. The van der Waals surface area contributed by atoms with Crippen LogP contribution in [0, 0.1) is 11.3 Å². The number of hydrogen-bond donors (Lipinski definition) is 0. The highest BCUT2D eigenvalue weighted by molar-refractivity contribution is 5.95. The van der Waals surface area contributed by atoms with E-state index in [1.54, 1.807) is 21.9 Å². The first-order valence-electron chi connectivity index (χ1n) is 10.1. The minimum Gasteiger partial charge on any atom is -0.490 e. The summed E-state index contributed by atoms with van der Waals surface area (Å²) in [5, 5.41) is 8.73. The second kappa shape index (κ2) is 11.1. The summed E-state index contributed by atoms with van der Waals surface area (Å²) >= 11 is 0. The minimum atomic E-state index is -0.194. The molecule has 1 saturated heterocycles. The van der Waals surface area contributed by atoms with Crippen LogP contribution in [0.2, 0.25) is 0 Å². The fraction of sp³-hybridized carbons (Fsp3) is 0.571. The van der Waals surface area contributed by atoms with Crippen molar-refractivity contribution in [3.05, 3.63) is 17.7 Å². The van der Waals surface area contributed by atoms with Gasteiger partial charge in [-0.1, -0.05) is 0 Å². The van der Waals surface area contributed by atoms with Crippen LogP contribution in [-0.4, -0.2) is 67.6 Å². The average molecular weight is 403 g/mol. The van der Waals surface area contributed by atoms with Crippen molar-refractivity contribution in [2.45, 2.75) is 33.6 Å². The van der Waals surface area contributed by atoms with Crippen molar-refractivity contribution in [1.29, 1.82) is 5.26 Å². The van der Waals surface area contributed by atoms with Crippen LogP contribution in [-0.2, 0) is 4.79 Å². The fourth-order valence-electron chi connectivity index (χ4n) is 3.24. The Hall–Kier alpha value is -2.95. The lowest BCUT2D eigenvalue weighted by molar-refractivity contribution is -0.130. The number of hydrogen-bond acceptors (Lipinski definition) is 6. The number of nitriles is 1. The maximum Gasteiger partial charge on any atom is 0.254 e. The van der Waals surface area contributed by atoms with Crippen molar-refractivity contribution < 1.29 is 23.8 Å². The van der Waals surface area contributed by atoms with Crippen molar-refractivity contribution in [3.63, 3.8) is 0 Å². The Morgan fingerprint density at radius 3 is 2.03 bits per heavy atom. The van der Waals surface area contributed by atoms with Crippen LogP contribution in [0.1, 0.15) is 44.0 Å². The number of amides is 2. The van der Waals surface area contributed by atoms with Gasteiger partial charge < -0.3 is 24.0 Å². The largest absolute Gasteiger partial charge is 0.490 e. The molecule has 1 fully saturated rings. The van der Waals surface area contributed by atoms with Crippen LogP contribution in [0.15, 0.2) is 12.1 Å². The third-order valence-electron chi connectivity index (χ3n) is 4.52. The molecule has 158 valence electrons. The zero-order chi connectivity index (χ0) is 21.2. The summed E-state index contributed by atoms with van der Waals surface area (Å²) in [5.74, 6) is 1.11. The molecule has 0 aromatic heterocycles. The van der Waals surface area contributed by atoms with Gasteiger partial charge in [-0.25, -0.2) is 0 Å². The molecular formula is C21H29N3O5. The Morgan fingerprint density at radius 1 is 0.931 bits per heavy atom. The van der Waals surface area contributed by atoms with E-state index in [1.807, 2.05) is 26.8 Å². The van der Waals surface area contributed by atoms with Crippen molar-refractivity contribution in [2.24, 2.45) is 0 Å². The fourth-order valence-corrected chi connectivity index (χ4v) is 3.24. The summed E-state index contributed by atoms with van der Waals surface area (Å²) in [4.78, 5) is 28.5. The number of carbonyl (C=O) groups is 2. The molecule has 2 rings (SSSR count). The van der Waals surface area contributed by atoms with Gasteiger partial charge in [0, 0.05) is 31.7 Å². The SMILES string of the molecule is CCOc1cc(C(=O)N2CCCN(C(=O)CC#N)CC2)cc(OCC)c1OCC. The molecule has 0 unspecified atom stereocenters. The van der Waals surface area contributed by atoms with Crippen LogP contribution in [0.25, 0.3) is 0 Å². The van der Waals surface area contributed by atoms with Gasteiger partial charge in [-0.2, -0.15) is 5.26 Å². The first kappa shape index (κ1) is 22.3. The van der Waals surface area contributed by atoms with Crippen LogP contribution in [0.3, 0.4) is 0 Å². The van der Waals surface area contributed by atoms with E-state index in [-0.39, 0.29) is 18.2 Å². The van der Waals surface area contributed by atoms with Crippen molar-refractivity contribution in [3.8, 4) is 23.3 Å². The summed E-state index contributed by atoms with van der Waals surface area (Å²) in [6, 6.07) is 5.25. The topological polar surface area (TPSA) is 92.1 Å². The van der Waals surface area contributed by atoms with Crippen molar-refractivity contribution in [1.82, 2.24) is 9.80 Å². The molecule has 1 aliphatic heterocycles. The minimum absolute atomic E-state index is 0.137. The van der Waals surface area contributed by atoms with E-state index in [9.17, 15) is 9.59 Å². The third-order valence-corrected chi connectivity index (χ3v) is 4.52. The van der Waals surface area contributed by atoms with E-state index in [1.165, 1.54) is 0 Å². The molecular weight excluding hydrogens is 374 g/mol. The smallest absolute Gasteiger partial charge is 0.254 e. The second-order valence-electron chi connectivity index (χ2n) is 6.46. The van der Waals surface area contributed by atoms with Gasteiger partial charge in [0.25, 0.3) is 5.91 Å². The second-order valence-corrected chi connectivity index (χ2v) is 6.46. The zero-order valence-electron chi connectivity index (χ0n) is 17.4. The molecule has 1 aliphatic rings. The Bertz CT molecular complexity index is 732. The van der Waals surface area contributed by atoms with Crippen LogP contribution in [0.4, 0.5) is 0 Å². The molecule has 29 heavy (non-hydrogen) atoms. The number of rotatable bonds is 8. The molecule has 0 N–H and O–H groups in total. The Labute approximate surface area is 171 Å². The van der Waals surface area contributed by atoms with E-state index in [4.69, 9.17) is 19.5 Å². The molecule has 2 amide bonds. The highest BCUT2D eigenvalue weighted by Crippen LogP contribution is 2.39. The van der Waals surface area contributed by atoms with Crippen molar-refractivity contribution >= 4 is 11.8 Å². The summed E-state index contributed by atoms with van der Waals surface area (Å²) in [5.41, 5.74) is 0.456. The van der Waals surface area contributed by atoms with E-state index in [0.717, 1.165) is 0 Å². The first-order chi connectivity index (χ1) is 14.0. The number of carbonyl (C=O) groups excluding carboxylic acids is 2. The standard InChI is InChI=1S/C21H29N3O5/c1-4-27-17-14-16(15-18(28-5-2)20(17)29-6-3)21(26)24-11-7-10-23(12-13-24)19(25)8-9-22/h14-15H,4-8,10-13H2,1-3H3. The highest BCUT2D eigenvalue weighted by atomic mass is 16.5. The van der Waals surface area contributed by atoms with Gasteiger partial charge in [0.2, 0.25) is 11.7 Å². The van der Waals surface area contributed by atoms with Gasteiger partial charge in [-0.3, -0.25) is 9.59 Å². The average Bonchev–Trinajstić information content (AvgIpc) is 2.96. The van der Waals surface area contributed by atoms with Crippen LogP contribution >= 0.6 is 0 Å². The zero-order valence-corrected chi connectivity index (χ0v) is 17.4. The summed E-state index contributed by atoms with van der Waals surface area (Å²) < 4.78 is 17.1. The molecule has 0 spiro atoms. The van der Waals surface area contributed by atoms with Gasteiger partial charge in [0.05, 0.1) is 25.9 Å². The highest BCUT2D eigenvalue weighted by Gasteiger charge is 2.25. The first-order valence-corrected chi connectivity index (χ1v) is 10.1. The molecule has 0 atom stereocenters. The quantitative estimate of drug-likeness (QED) is 0.662. The van der Waals surface area contributed by atoms with Crippen LogP contribution < -0.4 is 14.2 Å². The molecule has 0 bridgehead atoms.